The molecule has 2 rings (SSSR count). The van der Waals surface area contributed by atoms with Gasteiger partial charge in [-0.25, -0.2) is 0 Å². The van der Waals surface area contributed by atoms with Crippen LogP contribution in [-0.4, -0.2) is 22.2 Å². The van der Waals surface area contributed by atoms with Gasteiger partial charge in [0, 0.05) is 0 Å². The lowest BCUT2D eigenvalue weighted by atomic mass is 9.62. The minimum Gasteiger partial charge on any atom is -0.481 e. The van der Waals surface area contributed by atoms with E-state index in [0.717, 1.165) is 12.8 Å². The van der Waals surface area contributed by atoms with Gasteiger partial charge in [0.1, 0.15) is 0 Å². The summed E-state index contributed by atoms with van der Waals surface area (Å²) in [4.78, 5) is 23.3. The van der Waals surface area contributed by atoms with Gasteiger partial charge in [0.2, 0.25) is 0 Å². The Morgan fingerprint density at radius 3 is 2.35 bits per heavy atom. The van der Waals surface area contributed by atoms with Crippen LogP contribution >= 0.6 is 0 Å². The fourth-order valence-electron chi connectivity index (χ4n) is 3.82. The Morgan fingerprint density at radius 1 is 1.15 bits per heavy atom. The van der Waals surface area contributed by atoms with Gasteiger partial charge < -0.3 is 10.2 Å². The van der Waals surface area contributed by atoms with Crippen LogP contribution in [0, 0.1) is 16.7 Å². The number of hydrogen-bond acceptors (Lipinski definition) is 2. The van der Waals surface area contributed by atoms with Crippen molar-refractivity contribution in [3.05, 3.63) is 12.2 Å². The predicted octanol–water partition coefficient (Wildman–Crippen LogP) is 3.47. The fourth-order valence-corrected chi connectivity index (χ4v) is 3.82. The van der Waals surface area contributed by atoms with Gasteiger partial charge in [-0.3, -0.25) is 9.59 Å². The van der Waals surface area contributed by atoms with Crippen molar-refractivity contribution in [1.82, 2.24) is 0 Å². The van der Waals surface area contributed by atoms with Crippen LogP contribution < -0.4 is 0 Å². The van der Waals surface area contributed by atoms with Crippen molar-refractivity contribution in [3.63, 3.8) is 0 Å². The van der Waals surface area contributed by atoms with Crippen LogP contribution in [0.5, 0.6) is 0 Å². The Bertz CT molecular complexity index is 422. The molecule has 4 nitrogen and oxygen atoms in total. The predicted molar refractivity (Wildman–Crippen MR) is 75.4 cm³/mol. The maximum Gasteiger partial charge on any atom is 0.313 e. The zero-order valence-electron chi connectivity index (χ0n) is 12.1. The van der Waals surface area contributed by atoms with E-state index in [2.05, 4.69) is 0 Å². The Balaban J connectivity index is 2.21. The first-order valence-corrected chi connectivity index (χ1v) is 7.52. The molecule has 2 atom stereocenters. The van der Waals surface area contributed by atoms with Gasteiger partial charge in [0.25, 0.3) is 0 Å². The summed E-state index contributed by atoms with van der Waals surface area (Å²) < 4.78 is 0. The first-order valence-electron chi connectivity index (χ1n) is 7.52. The standard InChI is InChI=1S/C16H24O4/c1-15(13(17)18)8-5-9-16(11-15,14(19)20)10-12-6-3-2-4-7-12/h5,9,12H,2-4,6-8,10-11H2,1H3,(H,17,18)(H,19,20). The second-order valence-corrected chi connectivity index (χ2v) is 6.82. The third-order valence-electron chi connectivity index (χ3n) is 5.03. The third kappa shape index (κ3) is 2.89. The molecule has 0 aromatic rings. The van der Waals surface area contributed by atoms with Crippen molar-refractivity contribution in [2.24, 2.45) is 16.7 Å². The number of carboxylic acid groups (broad SMARTS) is 2. The molecule has 2 N–H and O–H groups in total. The van der Waals surface area contributed by atoms with Gasteiger partial charge in [-0.05, 0) is 32.1 Å². The zero-order valence-corrected chi connectivity index (χ0v) is 12.1. The highest BCUT2D eigenvalue weighted by molar-refractivity contribution is 5.81. The van der Waals surface area contributed by atoms with Crippen molar-refractivity contribution in [2.75, 3.05) is 0 Å². The van der Waals surface area contributed by atoms with Crippen LogP contribution in [0.2, 0.25) is 0 Å². The van der Waals surface area contributed by atoms with E-state index in [9.17, 15) is 19.8 Å². The highest BCUT2D eigenvalue weighted by Gasteiger charge is 2.49. The number of carboxylic acids is 2. The Hall–Kier alpha value is -1.32. The molecular formula is C16H24O4. The van der Waals surface area contributed by atoms with E-state index in [1.807, 2.05) is 0 Å². The van der Waals surface area contributed by atoms with Crippen molar-refractivity contribution in [3.8, 4) is 0 Å². The summed E-state index contributed by atoms with van der Waals surface area (Å²) in [5.41, 5.74) is -1.95. The highest BCUT2D eigenvalue weighted by atomic mass is 16.4. The molecule has 112 valence electrons. The molecule has 0 aromatic carbocycles. The summed E-state index contributed by atoms with van der Waals surface area (Å²) in [5.74, 6) is -1.34. The smallest absolute Gasteiger partial charge is 0.313 e. The third-order valence-corrected chi connectivity index (χ3v) is 5.03. The molecule has 0 radical (unpaired) electrons. The summed E-state index contributed by atoms with van der Waals surface area (Å²) in [6.45, 7) is 1.66. The molecule has 1 fully saturated rings. The Kier molecular flexibility index (Phi) is 4.21. The second kappa shape index (κ2) is 5.58. The summed E-state index contributed by atoms with van der Waals surface area (Å²) >= 11 is 0. The van der Waals surface area contributed by atoms with E-state index in [4.69, 9.17) is 0 Å². The van der Waals surface area contributed by atoms with Gasteiger partial charge in [0.15, 0.2) is 0 Å². The summed E-state index contributed by atoms with van der Waals surface area (Å²) in [5, 5.41) is 19.1. The first-order chi connectivity index (χ1) is 9.38. The lowest BCUT2D eigenvalue weighted by Gasteiger charge is -2.40. The van der Waals surface area contributed by atoms with E-state index < -0.39 is 22.8 Å². The number of allylic oxidation sites excluding steroid dienone is 1. The zero-order chi connectivity index (χ0) is 14.8. The molecule has 2 unspecified atom stereocenters. The van der Waals surface area contributed by atoms with Crippen LogP contribution in [0.25, 0.3) is 0 Å². The quantitative estimate of drug-likeness (QED) is 0.773. The molecule has 0 saturated heterocycles. The van der Waals surface area contributed by atoms with Gasteiger partial charge in [-0.2, -0.15) is 0 Å². The maximum atomic E-state index is 11.8. The molecule has 0 aromatic heterocycles. The largest absolute Gasteiger partial charge is 0.481 e. The number of aliphatic carboxylic acids is 2. The molecule has 0 bridgehead atoms. The fraction of sp³-hybridized carbons (Fsp3) is 0.750. The number of rotatable bonds is 4. The van der Waals surface area contributed by atoms with E-state index in [0.29, 0.717) is 18.8 Å². The van der Waals surface area contributed by atoms with Crippen molar-refractivity contribution in [2.45, 2.75) is 58.3 Å². The van der Waals surface area contributed by atoms with Crippen LogP contribution in [0.4, 0.5) is 0 Å². The Morgan fingerprint density at radius 2 is 1.80 bits per heavy atom. The maximum absolute atomic E-state index is 11.8. The van der Waals surface area contributed by atoms with Gasteiger partial charge in [-0.15, -0.1) is 0 Å². The van der Waals surface area contributed by atoms with Crippen LogP contribution in [0.3, 0.4) is 0 Å². The lowest BCUT2D eigenvalue weighted by molar-refractivity contribution is -0.156. The molecule has 0 spiro atoms. The van der Waals surface area contributed by atoms with Crippen LogP contribution in [0.1, 0.15) is 58.3 Å². The average molecular weight is 280 g/mol. The van der Waals surface area contributed by atoms with Crippen LogP contribution in [0.15, 0.2) is 12.2 Å². The molecule has 2 aliphatic rings. The molecule has 0 heterocycles. The lowest BCUT2D eigenvalue weighted by Crippen LogP contribution is -2.42. The summed E-state index contributed by atoms with van der Waals surface area (Å²) in [7, 11) is 0. The molecule has 4 heteroatoms. The number of hydrogen-bond donors (Lipinski definition) is 2. The monoisotopic (exact) mass is 280 g/mol. The Labute approximate surface area is 119 Å². The van der Waals surface area contributed by atoms with Crippen molar-refractivity contribution < 1.29 is 19.8 Å². The highest BCUT2D eigenvalue weighted by Crippen LogP contribution is 2.48. The molecule has 0 amide bonds. The summed E-state index contributed by atoms with van der Waals surface area (Å²) in [6.07, 6.45) is 10.4. The number of carbonyl (C=O) groups is 2. The van der Waals surface area contributed by atoms with E-state index >= 15 is 0 Å². The molecule has 2 aliphatic carbocycles. The minimum atomic E-state index is -0.993. The van der Waals surface area contributed by atoms with Gasteiger partial charge in [-0.1, -0.05) is 44.3 Å². The van der Waals surface area contributed by atoms with Gasteiger partial charge >= 0.3 is 11.9 Å². The topological polar surface area (TPSA) is 74.6 Å². The van der Waals surface area contributed by atoms with Crippen molar-refractivity contribution >= 4 is 11.9 Å². The SMILES string of the molecule is CC1(C(=O)O)CC=CC(CC2CCCCC2)(C(=O)O)C1. The molecular weight excluding hydrogens is 256 g/mol. The molecule has 20 heavy (non-hydrogen) atoms. The normalized spacial score (nSPS) is 34.9. The van der Waals surface area contributed by atoms with E-state index in [1.165, 1.54) is 19.3 Å². The average Bonchev–Trinajstić information content (AvgIpc) is 2.39. The summed E-state index contributed by atoms with van der Waals surface area (Å²) in [6, 6.07) is 0. The molecule has 0 aliphatic heterocycles. The first kappa shape index (κ1) is 15.1. The minimum absolute atomic E-state index is 0.206. The van der Waals surface area contributed by atoms with E-state index in [-0.39, 0.29) is 6.42 Å². The van der Waals surface area contributed by atoms with Crippen LogP contribution in [-0.2, 0) is 9.59 Å². The van der Waals surface area contributed by atoms with Gasteiger partial charge in [0.05, 0.1) is 10.8 Å². The second-order valence-electron chi connectivity index (χ2n) is 6.82. The van der Waals surface area contributed by atoms with Crippen molar-refractivity contribution in [1.29, 1.82) is 0 Å². The van der Waals surface area contributed by atoms with E-state index in [1.54, 1.807) is 19.1 Å². The molecule has 1 saturated carbocycles.